The van der Waals surface area contributed by atoms with E-state index in [4.69, 9.17) is 5.11 Å². The molecule has 110 valence electrons. The number of hydrogen-bond donors (Lipinski definition) is 3. The van der Waals surface area contributed by atoms with Crippen molar-refractivity contribution in [2.45, 2.75) is 57.0 Å². The van der Waals surface area contributed by atoms with Gasteiger partial charge in [0.05, 0.1) is 0 Å². The number of urea groups is 1. The molecule has 1 fully saturated rings. The first-order valence-corrected chi connectivity index (χ1v) is 8.31. The molecule has 1 atom stereocenters. The number of nitrogens with one attached hydrogen (secondary N) is 2. The monoisotopic (exact) mass is 288 g/mol. The first kappa shape index (κ1) is 16.1. The summed E-state index contributed by atoms with van der Waals surface area (Å²) in [5, 5.41) is 14.5. The maximum Gasteiger partial charge on any atom is 0.326 e. The number of rotatable bonds is 6. The predicted octanol–water partition coefficient (Wildman–Crippen LogP) is 2.21. The zero-order valence-corrected chi connectivity index (χ0v) is 12.3. The van der Waals surface area contributed by atoms with Crippen LogP contribution in [-0.4, -0.2) is 41.2 Å². The average Bonchev–Trinajstić information content (AvgIpc) is 2.62. The van der Waals surface area contributed by atoms with E-state index in [2.05, 4.69) is 10.6 Å². The summed E-state index contributed by atoms with van der Waals surface area (Å²) in [5.41, 5.74) is 0. The van der Waals surface area contributed by atoms with E-state index < -0.39 is 12.0 Å². The first-order chi connectivity index (χ1) is 9.13. The zero-order valence-electron chi connectivity index (χ0n) is 11.5. The Morgan fingerprint density at radius 3 is 2.42 bits per heavy atom. The van der Waals surface area contributed by atoms with Crippen LogP contribution in [0.4, 0.5) is 4.79 Å². The van der Waals surface area contributed by atoms with Crippen LogP contribution in [-0.2, 0) is 4.79 Å². The number of thioether (sulfide) groups is 1. The minimum absolute atomic E-state index is 0.192. The second-order valence-electron chi connectivity index (χ2n) is 4.98. The van der Waals surface area contributed by atoms with Crippen LogP contribution in [0.1, 0.15) is 44.9 Å². The fourth-order valence-electron chi connectivity index (χ4n) is 2.30. The van der Waals surface area contributed by atoms with Crippen LogP contribution in [0.3, 0.4) is 0 Å². The molecule has 2 amide bonds. The molecule has 0 heterocycles. The van der Waals surface area contributed by atoms with Crippen molar-refractivity contribution in [1.29, 1.82) is 0 Å². The van der Waals surface area contributed by atoms with Gasteiger partial charge in [-0.2, -0.15) is 11.8 Å². The standard InChI is InChI=1S/C13H24N2O3S/c1-19-9-8-11(12(16)17)15-13(18)14-10-6-4-2-3-5-7-10/h10-11H,2-9H2,1H3,(H,16,17)(H2,14,15,18). The molecule has 0 radical (unpaired) electrons. The summed E-state index contributed by atoms with van der Waals surface area (Å²) in [5.74, 6) is -0.245. The van der Waals surface area contributed by atoms with Crippen molar-refractivity contribution < 1.29 is 14.7 Å². The number of carboxylic acids is 1. The van der Waals surface area contributed by atoms with Gasteiger partial charge in [-0.25, -0.2) is 9.59 Å². The largest absolute Gasteiger partial charge is 0.480 e. The van der Waals surface area contributed by atoms with Gasteiger partial charge in [0, 0.05) is 6.04 Å². The van der Waals surface area contributed by atoms with Crippen molar-refractivity contribution in [1.82, 2.24) is 10.6 Å². The molecule has 1 unspecified atom stereocenters. The van der Waals surface area contributed by atoms with E-state index in [9.17, 15) is 9.59 Å². The van der Waals surface area contributed by atoms with Crippen LogP contribution < -0.4 is 10.6 Å². The lowest BCUT2D eigenvalue weighted by Gasteiger charge is -2.19. The Labute approximate surface area is 118 Å². The Hall–Kier alpha value is -0.910. The SMILES string of the molecule is CSCCC(NC(=O)NC1CCCCCC1)C(=O)O. The Morgan fingerprint density at radius 1 is 1.26 bits per heavy atom. The normalized spacial score (nSPS) is 18.4. The van der Waals surface area contributed by atoms with E-state index >= 15 is 0 Å². The lowest BCUT2D eigenvalue weighted by molar-refractivity contribution is -0.139. The summed E-state index contributed by atoms with van der Waals surface area (Å²) in [4.78, 5) is 22.8. The van der Waals surface area contributed by atoms with E-state index in [1.807, 2.05) is 6.26 Å². The lowest BCUT2D eigenvalue weighted by Crippen LogP contribution is -2.49. The molecule has 0 bridgehead atoms. The highest BCUT2D eigenvalue weighted by molar-refractivity contribution is 7.98. The average molecular weight is 288 g/mol. The van der Waals surface area contributed by atoms with Gasteiger partial charge >= 0.3 is 12.0 Å². The molecule has 6 heteroatoms. The molecule has 19 heavy (non-hydrogen) atoms. The van der Waals surface area contributed by atoms with Crippen LogP contribution in [0.2, 0.25) is 0 Å². The van der Waals surface area contributed by atoms with Crippen molar-refractivity contribution in [3.8, 4) is 0 Å². The van der Waals surface area contributed by atoms with Crippen LogP contribution >= 0.6 is 11.8 Å². The van der Waals surface area contributed by atoms with Crippen molar-refractivity contribution in [3.05, 3.63) is 0 Å². The molecule has 0 aromatic carbocycles. The Bertz CT molecular complexity index is 292. The molecule has 1 saturated carbocycles. The van der Waals surface area contributed by atoms with Gasteiger partial charge in [-0.1, -0.05) is 25.7 Å². The number of aliphatic carboxylic acids is 1. The predicted molar refractivity (Wildman–Crippen MR) is 77.6 cm³/mol. The van der Waals surface area contributed by atoms with Crippen molar-refractivity contribution >= 4 is 23.8 Å². The summed E-state index contributed by atoms with van der Waals surface area (Å²) in [6.45, 7) is 0. The van der Waals surface area contributed by atoms with Crippen LogP contribution in [0.5, 0.6) is 0 Å². The van der Waals surface area contributed by atoms with E-state index in [1.54, 1.807) is 11.8 Å². The Kier molecular flexibility index (Phi) is 7.70. The van der Waals surface area contributed by atoms with Crippen molar-refractivity contribution in [2.75, 3.05) is 12.0 Å². The first-order valence-electron chi connectivity index (χ1n) is 6.92. The lowest BCUT2D eigenvalue weighted by atomic mass is 10.1. The highest BCUT2D eigenvalue weighted by Crippen LogP contribution is 2.17. The highest BCUT2D eigenvalue weighted by Gasteiger charge is 2.21. The van der Waals surface area contributed by atoms with Crippen LogP contribution in [0.15, 0.2) is 0 Å². The van der Waals surface area contributed by atoms with Crippen molar-refractivity contribution in [3.63, 3.8) is 0 Å². The van der Waals surface area contributed by atoms with E-state index in [0.29, 0.717) is 6.42 Å². The molecule has 3 N–H and O–H groups in total. The number of carbonyl (C=O) groups is 2. The summed E-state index contributed by atoms with van der Waals surface area (Å²) in [6, 6.07) is -0.948. The summed E-state index contributed by atoms with van der Waals surface area (Å²) in [6.07, 6.45) is 9.10. The maximum absolute atomic E-state index is 11.8. The highest BCUT2D eigenvalue weighted by atomic mass is 32.2. The van der Waals surface area contributed by atoms with Gasteiger partial charge in [0.15, 0.2) is 0 Å². The summed E-state index contributed by atoms with van der Waals surface area (Å²) in [7, 11) is 0. The third-order valence-electron chi connectivity index (χ3n) is 3.40. The fraction of sp³-hybridized carbons (Fsp3) is 0.846. The maximum atomic E-state index is 11.8. The number of carbonyl (C=O) groups excluding carboxylic acids is 1. The van der Waals surface area contributed by atoms with Crippen LogP contribution in [0.25, 0.3) is 0 Å². The molecule has 0 aromatic heterocycles. The second-order valence-corrected chi connectivity index (χ2v) is 5.96. The quantitative estimate of drug-likeness (QED) is 0.655. The molecular weight excluding hydrogens is 264 g/mol. The fourth-order valence-corrected chi connectivity index (χ4v) is 2.77. The molecule has 5 nitrogen and oxygen atoms in total. The molecule has 0 aliphatic heterocycles. The van der Waals surface area contributed by atoms with Gasteiger partial charge in [0.2, 0.25) is 0 Å². The third-order valence-corrected chi connectivity index (χ3v) is 4.05. The molecule has 1 rings (SSSR count). The zero-order chi connectivity index (χ0) is 14.1. The van der Waals surface area contributed by atoms with E-state index in [1.165, 1.54) is 12.8 Å². The number of hydrogen-bond acceptors (Lipinski definition) is 3. The second kappa shape index (κ2) is 9.07. The summed E-state index contributed by atoms with van der Waals surface area (Å²) < 4.78 is 0. The van der Waals surface area contributed by atoms with Crippen LogP contribution in [0, 0.1) is 0 Å². The summed E-state index contributed by atoms with van der Waals surface area (Å²) >= 11 is 1.58. The topological polar surface area (TPSA) is 78.4 Å². The van der Waals surface area contributed by atoms with Gasteiger partial charge in [-0.15, -0.1) is 0 Å². The van der Waals surface area contributed by atoms with E-state index in [0.717, 1.165) is 31.4 Å². The van der Waals surface area contributed by atoms with Gasteiger partial charge in [-0.05, 0) is 31.3 Å². The third kappa shape index (κ3) is 6.71. The minimum Gasteiger partial charge on any atom is -0.480 e. The molecule has 1 aliphatic rings. The molecule has 0 saturated heterocycles. The van der Waals surface area contributed by atoms with Crippen molar-refractivity contribution in [2.24, 2.45) is 0 Å². The van der Waals surface area contributed by atoms with Gasteiger partial charge in [-0.3, -0.25) is 0 Å². The molecule has 0 spiro atoms. The van der Waals surface area contributed by atoms with Gasteiger partial charge in [0.25, 0.3) is 0 Å². The number of amides is 2. The minimum atomic E-state index is -0.968. The number of carboxylic acid groups (broad SMARTS) is 1. The van der Waals surface area contributed by atoms with Gasteiger partial charge < -0.3 is 15.7 Å². The molecule has 1 aliphatic carbocycles. The molecular formula is C13H24N2O3S. The smallest absolute Gasteiger partial charge is 0.326 e. The Balaban J connectivity index is 2.36. The van der Waals surface area contributed by atoms with Gasteiger partial charge in [0.1, 0.15) is 6.04 Å². The molecule has 0 aromatic rings. The Morgan fingerprint density at radius 2 is 1.89 bits per heavy atom. The van der Waals surface area contributed by atoms with E-state index in [-0.39, 0.29) is 12.1 Å².